The van der Waals surface area contributed by atoms with E-state index in [0.29, 0.717) is 26.1 Å². The van der Waals surface area contributed by atoms with Gasteiger partial charge in [0.05, 0.1) is 6.61 Å². The molecule has 1 aliphatic heterocycles. The van der Waals surface area contributed by atoms with Gasteiger partial charge in [0.1, 0.15) is 12.4 Å². The second kappa shape index (κ2) is 7.79. The van der Waals surface area contributed by atoms with Gasteiger partial charge in [0.25, 0.3) is 0 Å². The van der Waals surface area contributed by atoms with Gasteiger partial charge < -0.3 is 19.7 Å². The summed E-state index contributed by atoms with van der Waals surface area (Å²) < 4.78 is 10.2. The van der Waals surface area contributed by atoms with Crippen molar-refractivity contribution in [1.29, 1.82) is 0 Å². The first kappa shape index (κ1) is 16.3. The van der Waals surface area contributed by atoms with Crippen molar-refractivity contribution in [1.82, 2.24) is 5.32 Å². The van der Waals surface area contributed by atoms with E-state index in [1.807, 2.05) is 31.2 Å². The molecule has 0 aromatic heterocycles. The van der Waals surface area contributed by atoms with Crippen LogP contribution in [0.5, 0.6) is 5.75 Å². The smallest absolute Gasteiger partial charge is 0.245 e. The minimum atomic E-state index is -0.158. The minimum absolute atomic E-state index is 0.0449. The molecule has 0 radical (unpaired) electrons. The zero-order chi connectivity index (χ0) is 15.9. The molecular formula is C16H22N2O4. The highest BCUT2D eigenvalue weighted by atomic mass is 16.5. The molecule has 0 spiro atoms. The van der Waals surface area contributed by atoms with Gasteiger partial charge in [-0.3, -0.25) is 9.59 Å². The summed E-state index contributed by atoms with van der Waals surface area (Å²) in [4.78, 5) is 25.3. The van der Waals surface area contributed by atoms with E-state index in [-0.39, 0.29) is 24.3 Å². The summed E-state index contributed by atoms with van der Waals surface area (Å²) >= 11 is 0. The summed E-state index contributed by atoms with van der Waals surface area (Å²) in [7, 11) is 1.48. The van der Waals surface area contributed by atoms with E-state index in [0.717, 1.165) is 11.4 Å². The molecule has 6 heteroatoms. The lowest BCUT2D eigenvalue weighted by Gasteiger charge is -2.17. The molecule has 0 aliphatic carbocycles. The molecule has 2 rings (SSSR count). The lowest BCUT2D eigenvalue weighted by Crippen LogP contribution is -2.33. The van der Waals surface area contributed by atoms with Gasteiger partial charge in [0, 0.05) is 38.2 Å². The fourth-order valence-corrected chi connectivity index (χ4v) is 2.50. The maximum absolute atomic E-state index is 12.1. The summed E-state index contributed by atoms with van der Waals surface area (Å²) in [6, 6.07) is 7.49. The zero-order valence-corrected chi connectivity index (χ0v) is 13.0. The Morgan fingerprint density at radius 3 is 2.73 bits per heavy atom. The van der Waals surface area contributed by atoms with Crippen molar-refractivity contribution in [3.8, 4) is 5.75 Å². The van der Waals surface area contributed by atoms with E-state index in [4.69, 9.17) is 9.47 Å². The van der Waals surface area contributed by atoms with Crippen molar-refractivity contribution >= 4 is 17.5 Å². The number of methoxy groups -OCH3 is 1. The van der Waals surface area contributed by atoms with Crippen LogP contribution in [-0.4, -0.2) is 45.2 Å². The predicted octanol–water partition coefficient (Wildman–Crippen LogP) is 1.20. The maximum atomic E-state index is 12.1. The quantitative estimate of drug-likeness (QED) is 0.822. The molecule has 1 aromatic rings. The first-order chi connectivity index (χ1) is 10.6. The molecule has 22 heavy (non-hydrogen) atoms. The first-order valence-corrected chi connectivity index (χ1v) is 7.43. The van der Waals surface area contributed by atoms with Crippen LogP contribution in [0.2, 0.25) is 0 Å². The number of carbonyl (C=O) groups is 2. The molecule has 0 saturated carbocycles. The summed E-state index contributed by atoms with van der Waals surface area (Å²) in [5.41, 5.74) is 0.860. The summed E-state index contributed by atoms with van der Waals surface area (Å²) in [5, 5.41) is 2.78. The lowest BCUT2D eigenvalue weighted by molar-refractivity contribution is -0.125. The van der Waals surface area contributed by atoms with E-state index < -0.39 is 0 Å². The Hall–Kier alpha value is -2.08. The molecule has 1 saturated heterocycles. The monoisotopic (exact) mass is 306 g/mol. The topological polar surface area (TPSA) is 67.9 Å². The van der Waals surface area contributed by atoms with Gasteiger partial charge in [-0.05, 0) is 31.2 Å². The molecule has 1 atom stereocenters. The van der Waals surface area contributed by atoms with Crippen LogP contribution in [-0.2, 0) is 14.3 Å². The Balaban J connectivity index is 1.90. The van der Waals surface area contributed by atoms with Gasteiger partial charge in [0.15, 0.2) is 0 Å². The molecule has 2 amide bonds. The third-order valence-corrected chi connectivity index (χ3v) is 3.53. The van der Waals surface area contributed by atoms with Gasteiger partial charge >= 0.3 is 0 Å². The van der Waals surface area contributed by atoms with Crippen LogP contribution < -0.4 is 15.0 Å². The molecule has 6 nitrogen and oxygen atoms in total. The van der Waals surface area contributed by atoms with Crippen LogP contribution in [0, 0.1) is 5.92 Å². The van der Waals surface area contributed by atoms with E-state index in [2.05, 4.69) is 5.32 Å². The summed E-state index contributed by atoms with van der Waals surface area (Å²) in [5.74, 6) is 0.839. The van der Waals surface area contributed by atoms with E-state index in [1.54, 1.807) is 4.90 Å². The van der Waals surface area contributed by atoms with Crippen LogP contribution in [0.3, 0.4) is 0 Å². The Morgan fingerprint density at radius 2 is 2.09 bits per heavy atom. The third kappa shape index (κ3) is 4.21. The van der Waals surface area contributed by atoms with E-state index in [9.17, 15) is 9.59 Å². The molecule has 1 aromatic carbocycles. The number of rotatable bonds is 7. The highest BCUT2D eigenvalue weighted by Crippen LogP contribution is 2.26. The number of ether oxygens (including phenoxy) is 2. The SMILES string of the molecule is CCOc1ccc(N2C[C@@H](CNC(=O)COC)CC2=O)cc1. The van der Waals surface area contributed by atoms with Gasteiger partial charge in [-0.1, -0.05) is 0 Å². The number of hydrogen-bond donors (Lipinski definition) is 1. The molecule has 1 fully saturated rings. The Morgan fingerprint density at radius 1 is 1.36 bits per heavy atom. The Bertz CT molecular complexity index is 515. The van der Waals surface area contributed by atoms with Crippen LogP contribution in [0.15, 0.2) is 24.3 Å². The number of nitrogens with one attached hydrogen (secondary N) is 1. The average molecular weight is 306 g/mol. The highest BCUT2D eigenvalue weighted by Gasteiger charge is 2.30. The molecule has 1 aliphatic rings. The Labute approximate surface area is 130 Å². The van der Waals surface area contributed by atoms with Crippen molar-refractivity contribution in [2.45, 2.75) is 13.3 Å². The first-order valence-electron chi connectivity index (χ1n) is 7.43. The predicted molar refractivity (Wildman–Crippen MR) is 83.0 cm³/mol. The van der Waals surface area contributed by atoms with Gasteiger partial charge in [-0.25, -0.2) is 0 Å². The fraction of sp³-hybridized carbons (Fsp3) is 0.500. The molecule has 1 heterocycles. The molecule has 0 unspecified atom stereocenters. The van der Waals surface area contributed by atoms with Gasteiger partial charge in [0.2, 0.25) is 11.8 Å². The zero-order valence-electron chi connectivity index (χ0n) is 13.0. The van der Waals surface area contributed by atoms with E-state index >= 15 is 0 Å². The van der Waals surface area contributed by atoms with Crippen molar-refractivity contribution in [3.63, 3.8) is 0 Å². The Kier molecular flexibility index (Phi) is 5.77. The molecule has 0 bridgehead atoms. The van der Waals surface area contributed by atoms with Crippen molar-refractivity contribution in [2.24, 2.45) is 5.92 Å². The van der Waals surface area contributed by atoms with Crippen molar-refractivity contribution in [3.05, 3.63) is 24.3 Å². The number of benzene rings is 1. The van der Waals surface area contributed by atoms with E-state index in [1.165, 1.54) is 7.11 Å². The number of hydrogen-bond acceptors (Lipinski definition) is 4. The van der Waals surface area contributed by atoms with Crippen LogP contribution >= 0.6 is 0 Å². The largest absolute Gasteiger partial charge is 0.494 e. The second-order valence-corrected chi connectivity index (χ2v) is 5.24. The number of nitrogens with zero attached hydrogens (tertiary/aromatic N) is 1. The normalized spacial score (nSPS) is 17.6. The van der Waals surface area contributed by atoms with Crippen LogP contribution in [0.25, 0.3) is 0 Å². The number of anilines is 1. The fourth-order valence-electron chi connectivity index (χ4n) is 2.50. The number of carbonyl (C=O) groups excluding carboxylic acids is 2. The van der Waals surface area contributed by atoms with Crippen molar-refractivity contribution < 1.29 is 19.1 Å². The molecule has 120 valence electrons. The average Bonchev–Trinajstić information content (AvgIpc) is 2.88. The summed E-state index contributed by atoms with van der Waals surface area (Å²) in [6.45, 7) is 3.69. The standard InChI is InChI=1S/C16H22N2O4/c1-3-22-14-6-4-13(5-7-14)18-10-12(8-16(18)20)9-17-15(19)11-21-2/h4-7,12H,3,8-11H2,1-2H3,(H,17,19)/t12-/m1/s1. The highest BCUT2D eigenvalue weighted by molar-refractivity contribution is 5.95. The molecular weight excluding hydrogens is 284 g/mol. The second-order valence-electron chi connectivity index (χ2n) is 5.24. The van der Waals surface area contributed by atoms with Crippen LogP contribution in [0.1, 0.15) is 13.3 Å². The van der Waals surface area contributed by atoms with Crippen LogP contribution in [0.4, 0.5) is 5.69 Å². The summed E-state index contributed by atoms with van der Waals surface area (Å²) in [6.07, 6.45) is 0.445. The minimum Gasteiger partial charge on any atom is -0.494 e. The van der Waals surface area contributed by atoms with Gasteiger partial charge in [-0.15, -0.1) is 0 Å². The third-order valence-electron chi connectivity index (χ3n) is 3.53. The maximum Gasteiger partial charge on any atom is 0.245 e. The van der Waals surface area contributed by atoms with Gasteiger partial charge in [-0.2, -0.15) is 0 Å². The van der Waals surface area contributed by atoms with Crippen molar-refractivity contribution in [2.75, 3.05) is 38.3 Å². The number of amides is 2. The molecule has 1 N–H and O–H groups in total. The lowest BCUT2D eigenvalue weighted by atomic mass is 10.1.